The van der Waals surface area contributed by atoms with E-state index in [2.05, 4.69) is 10.6 Å². The first-order valence-electron chi connectivity index (χ1n) is 10.7. The van der Waals surface area contributed by atoms with Crippen molar-refractivity contribution < 1.29 is 14.0 Å². The van der Waals surface area contributed by atoms with Gasteiger partial charge in [-0.25, -0.2) is 4.39 Å². The first-order valence-corrected chi connectivity index (χ1v) is 10.7. The first kappa shape index (κ1) is 22.7. The second-order valence-corrected chi connectivity index (χ2v) is 7.68. The Kier molecular flexibility index (Phi) is 6.93. The maximum Gasteiger partial charge on any atom is 0.248 e. The lowest BCUT2D eigenvalue weighted by Gasteiger charge is -2.07. The van der Waals surface area contributed by atoms with Crippen LogP contribution in [0.3, 0.4) is 0 Å². The highest BCUT2D eigenvalue weighted by molar-refractivity contribution is 6.03. The second kappa shape index (κ2) is 10.4. The number of anilines is 2. The van der Waals surface area contributed by atoms with Crippen LogP contribution in [0.1, 0.15) is 18.1 Å². The average molecular weight is 455 g/mol. The summed E-state index contributed by atoms with van der Waals surface area (Å²) in [6.45, 7) is 1.89. The fourth-order valence-corrected chi connectivity index (χ4v) is 3.47. The number of benzene rings is 3. The molecule has 2 N–H and O–H groups in total. The van der Waals surface area contributed by atoms with Crippen molar-refractivity contribution in [2.45, 2.75) is 13.5 Å². The van der Waals surface area contributed by atoms with E-state index in [0.717, 1.165) is 22.4 Å². The Morgan fingerprint density at radius 1 is 0.971 bits per heavy atom. The second-order valence-electron chi connectivity index (χ2n) is 7.68. The van der Waals surface area contributed by atoms with Gasteiger partial charge in [0.25, 0.3) is 0 Å². The normalized spacial score (nSPS) is 10.9. The predicted molar refractivity (Wildman–Crippen MR) is 132 cm³/mol. The van der Waals surface area contributed by atoms with E-state index in [0.29, 0.717) is 12.2 Å². The lowest BCUT2D eigenvalue weighted by molar-refractivity contribution is -0.114. The monoisotopic (exact) mass is 454 g/mol. The molecular weight excluding hydrogens is 431 g/mol. The van der Waals surface area contributed by atoms with Crippen LogP contribution >= 0.6 is 0 Å². The summed E-state index contributed by atoms with van der Waals surface area (Å²) in [6.07, 6.45) is 4.99. The number of amides is 2. The molecule has 0 aliphatic carbocycles. The third kappa shape index (κ3) is 5.83. The van der Waals surface area contributed by atoms with Crippen molar-refractivity contribution in [1.82, 2.24) is 9.78 Å². The van der Waals surface area contributed by atoms with Crippen molar-refractivity contribution in [3.05, 3.63) is 108 Å². The molecule has 3 aromatic carbocycles. The number of hydrogen-bond donors (Lipinski definition) is 2. The van der Waals surface area contributed by atoms with Gasteiger partial charge in [0.05, 0.1) is 17.9 Å². The zero-order chi connectivity index (χ0) is 23.9. The first-order chi connectivity index (χ1) is 16.5. The molecule has 4 aromatic rings. The molecule has 0 atom stereocenters. The van der Waals surface area contributed by atoms with Crippen LogP contribution in [0.15, 0.2) is 91.1 Å². The average Bonchev–Trinajstić information content (AvgIpc) is 3.23. The van der Waals surface area contributed by atoms with E-state index in [9.17, 15) is 14.0 Å². The number of halogens is 1. The fraction of sp³-hybridized carbons (Fsp3) is 0.0741. The van der Waals surface area contributed by atoms with Crippen molar-refractivity contribution in [1.29, 1.82) is 0 Å². The quantitative estimate of drug-likeness (QED) is 0.370. The van der Waals surface area contributed by atoms with Gasteiger partial charge in [-0.05, 0) is 29.8 Å². The minimum Gasteiger partial charge on any atom is -0.324 e. The minimum atomic E-state index is -0.581. The van der Waals surface area contributed by atoms with Crippen LogP contribution in [0.4, 0.5) is 15.8 Å². The van der Waals surface area contributed by atoms with Crippen LogP contribution in [-0.4, -0.2) is 21.6 Å². The molecule has 7 heteroatoms. The Bertz CT molecular complexity index is 1330. The van der Waals surface area contributed by atoms with Gasteiger partial charge >= 0.3 is 0 Å². The van der Waals surface area contributed by atoms with Gasteiger partial charge in [-0.15, -0.1) is 0 Å². The van der Waals surface area contributed by atoms with Crippen molar-refractivity contribution in [2.75, 3.05) is 10.6 Å². The van der Waals surface area contributed by atoms with Gasteiger partial charge in [0.1, 0.15) is 5.82 Å². The third-order valence-corrected chi connectivity index (χ3v) is 4.98. The number of carbonyl (C=O) groups excluding carboxylic acids is 2. The summed E-state index contributed by atoms with van der Waals surface area (Å²) < 4.78 is 15.7. The molecule has 2 amide bonds. The third-order valence-electron chi connectivity index (χ3n) is 4.98. The van der Waals surface area contributed by atoms with Crippen LogP contribution in [0, 0.1) is 5.82 Å². The van der Waals surface area contributed by atoms with Gasteiger partial charge in [-0.1, -0.05) is 60.7 Å². The van der Waals surface area contributed by atoms with Crippen LogP contribution in [-0.2, 0) is 16.1 Å². The zero-order valence-corrected chi connectivity index (χ0v) is 18.5. The molecule has 0 spiro atoms. The van der Waals surface area contributed by atoms with Crippen LogP contribution in [0.25, 0.3) is 17.3 Å². The molecule has 0 saturated carbocycles. The molecular formula is C27H23FN4O2. The number of aromatic nitrogens is 2. The molecule has 0 saturated heterocycles. The summed E-state index contributed by atoms with van der Waals surface area (Å²) in [5.41, 5.74) is 3.97. The number of nitrogens with zero attached hydrogens (tertiary/aromatic N) is 2. The van der Waals surface area contributed by atoms with Crippen LogP contribution in [0.5, 0.6) is 0 Å². The largest absolute Gasteiger partial charge is 0.324 e. The SMILES string of the molecule is CC(=O)Nc1cc(NC(=O)/C=C/c2cn(Cc3ccccc3)nc2-c2ccccc2)ccc1F. The summed E-state index contributed by atoms with van der Waals surface area (Å²) in [7, 11) is 0. The predicted octanol–water partition coefficient (Wildman–Crippen LogP) is 5.35. The lowest BCUT2D eigenvalue weighted by atomic mass is 10.1. The van der Waals surface area contributed by atoms with Gasteiger partial charge in [0, 0.05) is 36.0 Å². The molecule has 0 aliphatic heterocycles. The maximum atomic E-state index is 13.9. The Labute approximate surface area is 196 Å². The van der Waals surface area contributed by atoms with Crippen LogP contribution in [0.2, 0.25) is 0 Å². The maximum absolute atomic E-state index is 13.9. The van der Waals surface area contributed by atoms with E-state index in [1.165, 1.54) is 31.2 Å². The van der Waals surface area contributed by atoms with Gasteiger partial charge in [-0.2, -0.15) is 5.10 Å². The lowest BCUT2D eigenvalue weighted by Crippen LogP contribution is -2.10. The van der Waals surface area contributed by atoms with Gasteiger partial charge < -0.3 is 10.6 Å². The summed E-state index contributed by atoms with van der Waals surface area (Å²) in [5, 5.41) is 9.82. The highest BCUT2D eigenvalue weighted by Crippen LogP contribution is 2.24. The Balaban J connectivity index is 1.55. The molecule has 4 rings (SSSR count). The van der Waals surface area contributed by atoms with Crippen molar-refractivity contribution >= 4 is 29.3 Å². The summed E-state index contributed by atoms with van der Waals surface area (Å²) in [4.78, 5) is 23.8. The van der Waals surface area contributed by atoms with E-state index in [-0.39, 0.29) is 5.69 Å². The Hall–Kier alpha value is -4.52. The van der Waals surface area contributed by atoms with Crippen molar-refractivity contribution in [3.8, 4) is 11.3 Å². The number of nitrogens with one attached hydrogen (secondary N) is 2. The molecule has 6 nitrogen and oxygen atoms in total. The minimum absolute atomic E-state index is 0.00262. The molecule has 0 aliphatic rings. The fourth-order valence-electron chi connectivity index (χ4n) is 3.47. The Morgan fingerprint density at radius 2 is 1.68 bits per heavy atom. The molecule has 170 valence electrons. The topological polar surface area (TPSA) is 76.0 Å². The van der Waals surface area contributed by atoms with E-state index < -0.39 is 17.6 Å². The molecule has 0 bridgehead atoms. The van der Waals surface area contributed by atoms with Gasteiger partial charge in [-0.3, -0.25) is 14.3 Å². The van der Waals surface area contributed by atoms with Crippen molar-refractivity contribution in [3.63, 3.8) is 0 Å². The zero-order valence-electron chi connectivity index (χ0n) is 18.5. The van der Waals surface area contributed by atoms with E-state index in [1.54, 1.807) is 6.08 Å². The molecule has 34 heavy (non-hydrogen) atoms. The van der Waals surface area contributed by atoms with E-state index >= 15 is 0 Å². The highest BCUT2D eigenvalue weighted by Gasteiger charge is 2.11. The van der Waals surface area contributed by atoms with Gasteiger partial charge in [0.15, 0.2) is 0 Å². The van der Waals surface area contributed by atoms with Gasteiger partial charge in [0.2, 0.25) is 11.8 Å². The number of carbonyl (C=O) groups is 2. The molecule has 0 unspecified atom stereocenters. The Morgan fingerprint density at radius 3 is 2.38 bits per heavy atom. The number of rotatable bonds is 7. The molecule has 0 radical (unpaired) electrons. The summed E-state index contributed by atoms with van der Waals surface area (Å²) in [6, 6.07) is 23.7. The molecule has 0 fully saturated rings. The van der Waals surface area contributed by atoms with Crippen LogP contribution < -0.4 is 10.6 Å². The standard InChI is InChI=1S/C27H23FN4O2/c1-19(33)29-25-16-23(13-14-24(25)28)30-26(34)15-12-22-18-32(17-20-8-4-2-5-9-20)31-27(22)21-10-6-3-7-11-21/h2-16,18H,17H2,1H3,(H,29,33)(H,30,34)/b15-12+. The van der Waals surface area contributed by atoms with E-state index in [1.807, 2.05) is 71.5 Å². The highest BCUT2D eigenvalue weighted by atomic mass is 19.1. The van der Waals surface area contributed by atoms with Crippen molar-refractivity contribution in [2.24, 2.45) is 0 Å². The summed E-state index contributed by atoms with van der Waals surface area (Å²) in [5.74, 6) is -1.37. The number of hydrogen-bond acceptors (Lipinski definition) is 3. The van der Waals surface area contributed by atoms with E-state index in [4.69, 9.17) is 5.10 Å². The summed E-state index contributed by atoms with van der Waals surface area (Å²) >= 11 is 0. The smallest absolute Gasteiger partial charge is 0.248 e. The molecule has 1 aromatic heterocycles. The molecule has 1 heterocycles.